The molecule has 0 atom stereocenters. The molecule has 0 fully saturated rings. The number of hydrogen-bond acceptors (Lipinski definition) is 3. The Hall–Kier alpha value is -2.13. The van der Waals surface area contributed by atoms with Crippen molar-refractivity contribution in [1.82, 2.24) is 0 Å². The van der Waals surface area contributed by atoms with Gasteiger partial charge in [0, 0.05) is 4.70 Å². The first kappa shape index (κ1) is 15.8. The summed E-state index contributed by atoms with van der Waals surface area (Å²) < 4.78 is 6.55. The van der Waals surface area contributed by atoms with Gasteiger partial charge in [0.25, 0.3) is 0 Å². The van der Waals surface area contributed by atoms with Crippen molar-refractivity contribution in [2.75, 3.05) is 0 Å². The van der Waals surface area contributed by atoms with E-state index in [0.29, 0.717) is 11.5 Å². The molecule has 0 saturated carbocycles. The number of esters is 1. The lowest BCUT2D eigenvalue weighted by molar-refractivity contribution is 0.0478. The van der Waals surface area contributed by atoms with Crippen molar-refractivity contribution in [2.24, 2.45) is 0 Å². The normalized spacial score (nSPS) is 11.6. The van der Waals surface area contributed by atoms with Gasteiger partial charge in [-0.15, -0.1) is 11.3 Å². The fourth-order valence-electron chi connectivity index (χ4n) is 2.40. The molecule has 0 spiro atoms. The van der Waals surface area contributed by atoms with Gasteiger partial charge in [-0.25, -0.2) is 4.79 Å². The van der Waals surface area contributed by atoms with Crippen molar-refractivity contribution in [3.05, 3.63) is 70.6 Å². The van der Waals surface area contributed by atoms with Gasteiger partial charge in [-0.05, 0) is 34.1 Å². The summed E-state index contributed by atoms with van der Waals surface area (Å²) in [5, 5.41) is 1.08. The van der Waals surface area contributed by atoms with Crippen LogP contribution >= 0.6 is 11.3 Å². The Bertz CT molecular complexity index is 790. The van der Waals surface area contributed by atoms with Gasteiger partial charge in [0.1, 0.15) is 11.5 Å². The van der Waals surface area contributed by atoms with Gasteiger partial charge >= 0.3 is 5.97 Å². The standard InChI is InChI=1S/C20H20O2S/c1-20(2,3)16-10-8-14(9-11-16)13-22-19(21)18-12-15-6-4-5-7-17(15)23-18/h4-12H,13H2,1-3H3. The molecule has 1 aromatic heterocycles. The van der Waals surface area contributed by atoms with Gasteiger partial charge in [0.05, 0.1) is 0 Å². The summed E-state index contributed by atoms with van der Waals surface area (Å²) >= 11 is 1.47. The van der Waals surface area contributed by atoms with Crippen molar-refractivity contribution in [3.8, 4) is 0 Å². The van der Waals surface area contributed by atoms with Crippen LogP contribution in [0.3, 0.4) is 0 Å². The monoisotopic (exact) mass is 324 g/mol. The van der Waals surface area contributed by atoms with E-state index in [-0.39, 0.29) is 11.4 Å². The van der Waals surface area contributed by atoms with Crippen LogP contribution in [0.4, 0.5) is 0 Å². The smallest absolute Gasteiger partial charge is 0.348 e. The average Bonchev–Trinajstić information content (AvgIpc) is 2.96. The lowest BCUT2D eigenvalue weighted by Gasteiger charge is -2.19. The number of hydrogen-bond donors (Lipinski definition) is 0. The Kier molecular flexibility index (Phi) is 4.22. The van der Waals surface area contributed by atoms with E-state index in [4.69, 9.17) is 4.74 Å². The van der Waals surface area contributed by atoms with Crippen LogP contribution in [0.15, 0.2) is 54.6 Å². The molecule has 0 aliphatic heterocycles. The minimum Gasteiger partial charge on any atom is -0.457 e. The van der Waals surface area contributed by atoms with Crippen molar-refractivity contribution >= 4 is 27.4 Å². The Morgan fingerprint density at radius 3 is 2.39 bits per heavy atom. The van der Waals surface area contributed by atoms with Crippen molar-refractivity contribution in [2.45, 2.75) is 32.8 Å². The molecular formula is C20H20O2S. The van der Waals surface area contributed by atoms with Crippen LogP contribution in [0, 0.1) is 0 Å². The molecule has 118 valence electrons. The second-order valence-electron chi connectivity index (χ2n) is 6.67. The van der Waals surface area contributed by atoms with Crippen LogP contribution in [0.5, 0.6) is 0 Å². The van der Waals surface area contributed by atoms with E-state index in [1.165, 1.54) is 16.9 Å². The predicted octanol–water partition coefficient (Wildman–Crippen LogP) is 5.56. The van der Waals surface area contributed by atoms with Crippen LogP contribution in [0.2, 0.25) is 0 Å². The zero-order valence-corrected chi connectivity index (χ0v) is 14.4. The summed E-state index contributed by atoms with van der Waals surface area (Å²) in [6, 6.07) is 18.1. The van der Waals surface area contributed by atoms with Gasteiger partial charge in [0.2, 0.25) is 0 Å². The fraction of sp³-hybridized carbons (Fsp3) is 0.250. The number of fused-ring (bicyclic) bond motifs is 1. The second-order valence-corrected chi connectivity index (χ2v) is 7.76. The molecule has 0 amide bonds. The summed E-state index contributed by atoms with van der Waals surface area (Å²) in [5.41, 5.74) is 2.41. The number of rotatable bonds is 3. The van der Waals surface area contributed by atoms with Crippen molar-refractivity contribution < 1.29 is 9.53 Å². The molecule has 3 rings (SSSR count). The molecule has 3 heteroatoms. The lowest BCUT2D eigenvalue weighted by atomic mass is 9.87. The zero-order chi connectivity index (χ0) is 16.4. The molecule has 0 N–H and O–H groups in total. The maximum Gasteiger partial charge on any atom is 0.348 e. The molecule has 1 heterocycles. The highest BCUT2D eigenvalue weighted by Crippen LogP contribution is 2.26. The molecule has 0 aliphatic rings. The van der Waals surface area contributed by atoms with E-state index in [2.05, 4.69) is 32.9 Å². The Labute approximate surface area is 140 Å². The highest BCUT2D eigenvalue weighted by molar-refractivity contribution is 7.20. The van der Waals surface area contributed by atoms with E-state index in [1.807, 2.05) is 42.5 Å². The van der Waals surface area contributed by atoms with E-state index < -0.39 is 0 Å². The molecular weight excluding hydrogens is 304 g/mol. The summed E-state index contributed by atoms with van der Waals surface area (Å²) in [7, 11) is 0. The third-order valence-corrected chi connectivity index (χ3v) is 4.91. The molecule has 2 nitrogen and oxygen atoms in total. The van der Waals surface area contributed by atoms with Crippen LogP contribution < -0.4 is 0 Å². The lowest BCUT2D eigenvalue weighted by Crippen LogP contribution is -2.11. The summed E-state index contributed by atoms with van der Waals surface area (Å²) in [5.74, 6) is -0.258. The summed E-state index contributed by atoms with van der Waals surface area (Å²) in [4.78, 5) is 12.9. The highest BCUT2D eigenvalue weighted by atomic mass is 32.1. The van der Waals surface area contributed by atoms with Crippen LogP contribution in [-0.4, -0.2) is 5.97 Å². The third-order valence-electron chi connectivity index (χ3n) is 3.82. The van der Waals surface area contributed by atoms with Gasteiger partial charge < -0.3 is 4.74 Å². The molecule has 3 aromatic rings. The minimum atomic E-state index is -0.258. The largest absolute Gasteiger partial charge is 0.457 e. The molecule has 0 unspecified atom stereocenters. The van der Waals surface area contributed by atoms with Gasteiger partial charge in [-0.3, -0.25) is 0 Å². The van der Waals surface area contributed by atoms with Gasteiger partial charge in [-0.1, -0.05) is 63.2 Å². The first-order valence-corrected chi connectivity index (χ1v) is 8.50. The van der Waals surface area contributed by atoms with E-state index in [9.17, 15) is 4.79 Å². The van der Waals surface area contributed by atoms with Gasteiger partial charge in [0.15, 0.2) is 0 Å². The van der Waals surface area contributed by atoms with E-state index in [0.717, 1.165) is 15.6 Å². The number of thiophene rings is 1. The molecule has 0 radical (unpaired) electrons. The highest BCUT2D eigenvalue weighted by Gasteiger charge is 2.14. The summed E-state index contributed by atoms with van der Waals surface area (Å²) in [6.45, 7) is 6.86. The number of carbonyl (C=O) groups excluding carboxylic acids is 1. The van der Waals surface area contributed by atoms with Gasteiger partial charge in [-0.2, -0.15) is 0 Å². The minimum absolute atomic E-state index is 0.131. The SMILES string of the molecule is CC(C)(C)c1ccc(COC(=O)c2cc3ccccc3s2)cc1. The second kappa shape index (κ2) is 6.17. The average molecular weight is 324 g/mol. The Morgan fingerprint density at radius 2 is 1.74 bits per heavy atom. The maximum absolute atomic E-state index is 12.2. The van der Waals surface area contributed by atoms with Crippen molar-refractivity contribution in [1.29, 1.82) is 0 Å². The summed E-state index contributed by atoms with van der Waals surface area (Å²) in [6.07, 6.45) is 0. The molecule has 0 bridgehead atoms. The Morgan fingerprint density at radius 1 is 1.04 bits per heavy atom. The molecule has 23 heavy (non-hydrogen) atoms. The maximum atomic E-state index is 12.2. The number of benzene rings is 2. The molecule has 2 aromatic carbocycles. The first-order chi connectivity index (χ1) is 10.9. The zero-order valence-electron chi connectivity index (χ0n) is 13.6. The Balaban J connectivity index is 1.66. The topological polar surface area (TPSA) is 26.3 Å². The molecule has 0 saturated heterocycles. The van der Waals surface area contributed by atoms with Crippen molar-refractivity contribution in [3.63, 3.8) is 0 Å². The number of ether oxygens (including phenoxy) is 1. The quantitative estimate of drug-likeness (QED) is 0.590. The number of carbonyl (C=O) groups is 1. The van der Waals surface area contributed by atoms with Crippen LogP contribution in [-0.2, 0) is 16.8 Å². The third kappa shape index (κ3) is 3.62. The first-order valence-electron chi connectivity index (χ1n) is 7.68. The van der Waals surface area contributed by atoms with E-state index >= 15 is 0 Å². The molecule has 0 aliphatic carbocycles. The van der Waals surface area contributed by atoms with Crippen LogP contribution in [0.25, 0.3) is 10.1 Å². The fourth-order valence-corrected chi connectivity index (χ4v) is 3.36. The van der Waals surface area contributed by atoms with Crippen LogP contribution in [0.1, 0.15) is 41.6 Å². The van der Waals surface area contributed by atoms with E-state index in [1.54, 1.807) is 0 Å². The predicted molar refractivity (Wildman–Crippen MR) is 96.1 cm³/mol.